The smallest absolute Gasteiger partial charge is 0.332 e. The van der Waals surface area contributed by atoms with Gasteiger partial charge in [-0.2, -0.15) is 0 Å². The van der Waals surface area contributed by atoms with E-state index < -0.39 is 17.9 Å². The summed E-state index contributed by atoms with van der Waals surface area (Å²) < 4.78 is 9.06. The van der Waals surface area contributed by atoms with Crippen LogP contribution in [0.25, 0.3) is 0 Å². The third-order valence-electron chi connectivity index (χ3n) is 1.51. The van der Waals surface area contributed by atoms with E-state index in [4.69, 9.17) is 5.73 Å². The highest BCUT2D eigenvalue weighted by Gasteiger charge is 2.23. The molecule has 0 aliphatic rings. The Labute approximate surface area is 85.5 Å². The zero-order valence-corrected chi connectivity index (χ0v) is 8.10. The largest absolute Gasteiger partial charge is 0.464 e. The molecule has 0 fully saturated rings. The predicted molar refractivity (Wildman–Crippen MR) is 49.7 cm³/mol. The summed E-state index contributed by atoms with van der Waals surface area (Å²) in [5, 5.41) is 5.72. The van der Waals surface area contributed by atoms with Crippen LogP contribution in [-0.2, 0) is 14.3 Å². The molecule has 0 saturated heterocycles. The minimum Gasteiger partial charge on any atom is -0.464 e. The number of ether oxygens (including phenoxy) is 1. The predicted octanol–water partition coefficient (Wildman–Crippen LogP) is -0.496. The molecule has 0 radical (unpaired) electrons. The van der Waals surface area contributed by atoms with Gasteiger partial charge in [0.2, 0.25) is 0 Å². The molecule has 1 unspecified atom stereocenters. The van der Waals surface area contributed by atoms with Crippen molar-refractivity contribution in [2.75, 3.05) is 11.9 Å². The quantitative estimate of drug-likeness (QED) is 0.515. The van der Waals surface area contributed by atoms with Gasteiger partial charge in [-0.1, -0.05) is 5.16 Å². The first kappa shape index (κ1) is 11.2. The maximum Gasteiger partial charge on any atom is 0.332 e. The molecule has 0 bridgehead atoms. The molecule has 0 aliphatic carbocycles. The van der Waals surface area contributed by atoms with Gasteiger partial charge in [0.05, 0.1) is 6.61 Å². The minimum absolute atomic E-state index is 0.170. The van der Waals surface area contributed by atoms with Crippen LogP contribution in [0.15, 0.2) is 16.9 Å². The van der Waals surface area contributed by atoms with Crippen molar-refractivity contribution in [3.63, 3.8) is 0 Å². The highest BCUT2D eigenvalue weighted by atomic mass is 16.5. The van der Waals surface area contributed by atoms with Crippen molar-refractivity contribution < 1.29 is 18.8 Å². The van der Waals surface area contributed by atoms with E-state index >= 15 is 0 Å². The topological polar surface area (TPSA) is 107 Å². The van der Waals surface area contributed by atoms with Crippen molar-refractivity contribution in [1.29, 1.82) is 0 Å². The number of hydrogen-bond acceptors (Lipinski definition) is 6. The number of esters is 1. The average molecular weight is 213 g/mol. The number of carbonyl (C=O) groups is 2. The fraction of sp³-hybridized carbons (Fsp3) is 0.375. The number of aromatic nitrogens is 1. The molecule has 7 heteroatoms. The monoisotopic (exact) mass is 213 g/mol. The third-order valence-corrected chi connectivity index (χ3v) is 1.51. The molecule has 0 spiro atoms. The normalized spacial score (nSPS) is 11.9. The van der Waals surface area contributed by atoms with Crippen LogP contribution in [0.5, 0.6) is 0 Å². The van der Waals surface area contributed by atoms with Crippen LogP contribution in [0.3, 0.4) is 0 Å². The summed E-state index contributed by atoms with van der Waals surface area (Å²) in [6.45, 7) is 1.80. The summed E-state index contributed by atoms with van der Waals surface area (Å²) in [5.74, 6) is -1.28. The van der Waals surface area contributed by atoms with Crippen LogP contribution >= 0.6 is 0 Å². The van der Waals surface area contributed by atoms with Crippen molar-refractivity contribution in [3.8, 4) is 0 Å². The molecule has 1 heterocycles. The van der Waals surface area contributed by atoms with E-state index in [0.717, 1.165) is 0 Å². The summed E-state index contributed by atoms with van der Waals surface area (Å²) in [6.07, 6.45) is 1.28. The Hall–Kier alpha value is -1.89. The van der Waals surface area contributed by atoms with E-state index in [1.165, 1.54) is 12.3 Å². The molecule has 1 atom stereocenters. The van der Waals surface area contributed by atoms with E-state index in [9.17, 15) is 9.59 Å². The molecule has 0 aliphatic heterocycles. The van der Waals surface area contributed by atoms with Crippen LogP contribution in [0.2, 0.25) is 0 Å². The summed E-state index contributed by atoms with van der Waals surface area (Å²) in [6, 6.07) is 0.0668. The van der Waals surface area contributed by atoms with Crippen LogP contribution < -0.4 is 11.1 Å². The standard InChI is InChI=1S/C8H11N3O4/c1-2-14-8(13)6(9)7(12)10-5-3-4-15-11-5/h3-4,6H,2,9H2,1H3,(H,10,11,12). The van der Waals surface area contributed by atoms with Gasteiger partial charge in [-0.25, -0.2) is 4.79 Å². The van der Waals surface area contributed by atoms with Crippen LogP contribution in [0.4, 0.5) is 5.82 Å². The number of nitrogens with zero attached hydrogens (tertiary/aromatic N) is 1. The van der Waals surface area contributed by atoms with Gasteiger partial charge in [-0.3, -0.25) is 4.79 Å². The first-order valence-electron chi connectivity index (χ1n) is 4.28. The minimum atomic E-state index is -1.36. The molecule has 3 N–H and O–H groups in total. The van der Waals surface area contributed by atoms with Crippen LogP contribution in [0, 0.1) is 0 Å². The van der Waals surface area contributed by atoms with E-state index in [2.05, 4.69) is 19.7 Å². The lowest BCUT2D eigenvalue weighted by Crippen LogP contribution is -2.43. The first-order valence-corrected chi connectivity index (χ1v) is 4.28. The van der Waals surface area contributed by atoms with E-state index in [1.54, 1.807) is 6.92 Å². The Bertz CT molecular complexity index is 336. The highest BCUT2D eigenvalue weighted by Crippen LogP contribution is 2.01. The van der Waals surface area contributed by atoms with Crippen molar-refractivity contribution in [2.24, 2.45) is 5.73 Å². The maximum atomic E-state index is 11.3. The number of nitrogens with two attached hydrogens (primary N) is 1. The Kier molecular flexibility index (Phi) is 3.81. The molecule has 1 amide bonds. The molecule has 0 saturated carbocycles. The van der Waals surface area contributed by atoms with E-state index in [1.807, 2.05) is 0 Å². The fourth-order valence-corrected chi connectivity index (χ4v) is 0.820. The lowest BCUT2D eigenvalue weighted by atomic mass is 10.3. The van der Waals surface area contributed by atoms with Crippen LogP contribution in [0.1, 0.15) is 6.92 Å². The Morgan fingerprint density at radius 3 is 3.00 bits per heavy atom. The van der Waals surface area contributed by atoms with Crippen LogP contribution in [-0.4, -0.2) is 29.7 Å². The molecule has 82 valence electrons. The molecule has 1 aromatic heterocycles. The van der Waals surface area contributed by atoms with Gasteiger partial charge in [-0.15, -0.1) is 0 Å². The fourth-order valence-electron chi connectivity index (χ4n) is 0.820. The van der Waals surface area contributed by atoms with Gasteiger partial charge in [-0.05, 0) is 6.92 Å². The number of rotatable bonds is 4. The first-order chi connectivity index (χ1) is 7.15. The number of carbonyl (C=O) groups excluding carboxylic acids is 2. The Balaban J connectivity index is 2.50. The zero-order valence-electron chi connectivity index (χ0n) is 8.10. The van der Waals surface area contributed by atoms with Crippen molar-refractivity contribution >= 4 is 17.7 Å². The van der Waals surface area contributed by atoms with Crippen molar-refractivity contribution in [1.82, 2.24) is 5.16 Å². The summed E-state index contributed by atoms with van der Waals surface area (Å²) in [7, 11) is 0. The number of hydrogen-bond donors (Lipinski definition) is 2. The Morgan fingerprint density at radius 2 is 2.47 bits per heavy atom. The van der Waals surface area contributed by atoms with Gasteiger partial charge >= 0.3 is 5.97 Å². The molecule has 0 aromatic carbocycles. The van der Waals surface area contributed by atoms with Gasteiger partial charge < -0.3 is 20.3 Å². The van der Waals surface area contributed by atoms with Crippen molar-refractivity contribution in [2.45, 2.75) is 13.0 Å². The molecular formula is C8H11N3O4. The third kappa shape index (κ3) is 3.06. The summed E-state index contributed by atoms with van der Waals surface area (Å²) in [5.41, 5.74) is 5.32. The number of anilines is 1. The summed E-state index contributed by atoms with van der Waals surface area (Å²) >= 11 is 0. The second kappa shape index (κ2) is 5.11. The van der Waals surface area contributed by atoms with Gasteiger partial charge in [0.15, 0.2) is 11.9 Å². The molecule has 1 aromatic rings. The molecule has 1 rings (SSSR count). The lowest BCUT2D eigenvalue weighted by Gasteiger charge is -2.08. The highest BCUT2D eigenvalue weighted by molar-refractivity contribution is 6.07. The second-order valence-corrected chi connectivity index (χ2v) is 2.60. The second-order valence-electron chi connectivity index (χ2n) is 2.60. The van der Waals surface area contributed by atoms with Crippen molar-refractivity contribution in [3.05, 3.63) is 12.3 Å². The average Bonchev–Trinajstić information content (AvgIpc) is 2.69. The molecule has 15 heavy (non-hydrogen) atoms. The number of nitrogens with one attached hydrogen (secondary N) is 1. The zero-order chi connectivity index (χ0) is 11.3. The van der Waals surface area contributed by atoms with E-state index in [0.29, 0.717) is 0 Å². The van der Waals surface area contributed by atoms with Gasteiger partial charge in [0, 0.05) is 6.07 Å². The van der Waals surface area contributed by atoms with Gasteiger partial charge in [0.25, 0.3) is 5.91 Å². The number of amides is 1. The Morgan fingerprint density at radius 1 is 1.73 bits per heavy atom. The molecule has 7 nitrogen and oxygen atoms in total. The van der Waals surface area contributed by atoms with Gasteiger partial charge in [0.1, 0.15) is 6.26 Å². The maximum absolute atomic E-state index is 11.3. The molecular weight excluding hydrogens is 202 g/mol. The summed E-state index contributed by atoms with van der Waals surface area (Å²) in [4.78, 5) is 22.4. The van der Waals surface area contributed by atoms with E-state index in [-0.39, 0.29) is 12.4 Å². The lowest BCUT2D eigenvalue weighted by molar-refractivity contribution is -0.146. The SMILES string of the molecule is CCOC(=O)C(N)C(=O)Nc1ccon1.